The molecule has 5 nitrogen and oxygen atoms in total. The van der Waals surface area contributed by atoms with Gasteiger partial charge in [-0.2, -0.15) is 0 Å². The molecule has 0 saturated carbocycles. The van der Waals surface area contributed by atoms with Crippen LogP contribution in [0.4, 0.5) is 14.5 Å². The van der Waals surface area contributed by atoms with Crippen molar-refractivity contribution in [1.82, 2.24) is 9.38 Å². The zero-order chi connectivity index (χ0) is 19.0. The van der Waals surface area contributed by atoms with Gasteiger partial charge in [-0.3, -0.25) is 4.72 Å². The van der Waals surface area contributed by atoms with Crippen molar-refractivity contribution in [2.24, 2.45) is 0 Å². The van der Waals surface area contributed by atoms with Crippen molar-refractivity contribution in [3.8, 4) is 11.3 Å². The minimum atomic E-state index is -4.42. The molecule has 4 rings (SSSR count). The van der Waals surface area contributed by atoms with E-state index in [0.29, 0.717) is 11.3 Å². The smallest absolute Gasteiger partial charge is 0.267 e. The minimum Gasteiger partial charge on any atom is -0.306 e. The molecule has 0 atom stereocenters. The highest BCUT2D eigenvalue weighted by Gasteiger charge is 2.24. The maximum atomic E-state index is 13.8. The number of benzene rings is 2. The van der Waals surface area contributed by atoms with Gasteiger partial charge in [0.05, 0.1) is 5.69 Å². The third-order valence-corrected chi connectivity index (χ3v) is 5.39. The SMILES string of the molecule is O=S(=O)(Nc1cccc(-c2cn3ccccc3n2)c1)c1c(F)cccc1F. The summed E-state index contributed by atoms with van der Waals surface area (Å²) in [7, 11) is -4.42. The average molecular weight is 385 g/mol. The van der Waals surface area contributed by atoms with Crippen LogP contribution < -0.4 is 4.72 Å². The first-order valence-corrected chi connectivity index (χ1v) is 9.43. The highest BCUT2D eigenvalue weighted by molar-refractivity contribution is 7.92. The van der Waals surface area contributed by atoms with Gasteiger partial charge in [-0.25, -0.2) is 22.2 Å². The summed E-state index contributed by atoms with van der Waals surface area (Å²) in [6, 6.07) is 14.9. The molecular formula is C19H13F2N3O2S. The summed E-state index contributed by atoms with van der Waals surface area (Å²) in [6.45, 7) is 0. The van der Waals surface area contributed by atoms with E-state index in [1.165, 1.54) is 6.07 Å². The molecule has 0 aliphatic rings. The molecule has 0 unspecified atom stereocenters. The maximum absolute atomic E-state index is 13.8. The first kappa shape index (κ1) is 17.2. The second kappa shape index (κ2) is 6.48. The molecule has 8 heteroatoms. The number of nitrogens with zero attached hydrogens (tertiary/aromatic N) is 2. The van der Waals surface area contributed by atoms with Crippen LogP contribution >= 0.6 is 0 Å². The van der Waals surface area contributed by atoms with E-state index in [1.807, 2.05) is 28.8 Å². The first-order chi connectivity index (χ1) is 12.9. The zero-order valence-corrected chi connectivity index (χ0v) is 14.6. The summed E-state index contributed by atoms with van der Waals surface area (Å²) >= 11 is 0. The van der Waals surface area contributed by atoms with Gasteiger partial charge in [0.1, 0.15) is 17.3 Å². The van der Waals surface area contributed by atoms with Crippen LogP contribution in [0.5, 0.6) is 0 Å². The molecule has 0 bridgehead atoms. The molecule has 1 N–H and O–H groups in total. The van der Waals surface area contributed by atoms with Gasteiger partial charge in [-0.15, -0.1) is 0 Å². The summed E-state index contributed by atoms with van der Waals surface area (Å²) in [4.78, 5) is 3.46. The number of anilines is 1. The lowest BCUT2D eigenvalue weighted by atomic mass is 10.1. The Morgan fingerprint density at radius 1 is 0.926 bits per heavy atom. The molecule has 2 aromatic carbocycles. The molecule has 2 aromatic heterocycles. The molecule has 0 aliphatic heterocycles. The lowest BCUT2D eigenvalue weighted by molar-refractivity contribution is 0.521. The van der Waals surface area contributed by atoms with Crippen molar-refractivity contribution in [2.75, 3.05) is 4.72 Å². The van der Waals surface area contributed by atoms with Crippen molar-refractivity contribution < 1.29 is 17.2 Å². The van der Waals surface area contributed by atoms with Gasteiger partial charge in [0, 0.05) is 23.6 Å². The average Bonchev–Trinajstić information content (AvgIpc) is 3.05. The molecule has 0 spiro atoms. The minimum absolute atomic E-state index is 0.173. The first-order valence-electron chi connectivity index (χ1n) is 7.95. The normalized spacial score (nSPS) is 11.6. The monoisotopic (exact) mass is 385 g/mol. The molecule has 0 radical (unpaired) electrons. The molecule has 0 saturated heterocycles. The predicted molar refractivity (Wildman–Crippen MR) is 97.8 cm³/mol. The number of pyridine rings is 1. The van der Waals surface area contributed by atoms with Gasteiger partial charge in [0.15, 0.2) is 4.90 Å². The summed E-state index contributed by atoms with van der Waals surface area (Å²) in [5.74, 6) is -2.31. The summed E-state index contributed by atoms with van der Waals surface area (Å²) < 4.78 is 56.6. The predicted octanol–water partition coefficient (Wildman–Crippen LogP) is 4.08. The fraction of sp³-hybridized carbons (Fsp3) is 0. The molecule has 0 aliphatic carbocycles. The van der Waals surface area contributed by atoms with E-state index in [1.54, 1.807) is 24.4 Å². The molecule has 27 heavy (non-hydrogen) atoms. The van der Waals surface area contributed by atoms with E-state index in [2.05, 4.69) is 9.71 Å². The number of hydrogen-bond donors (Lipinski definition) is 1. The molecule has 2 heterocycles. The van der Waals surface area contributed by atoms with Crippen molar-refractivity contribution in [3.05, 3.63) is 84.7 Å². The fourth-order valence-electron chi connectivity index (χ4n) is 2.76. The maximum Gasteiger partial charge on any atom is 0.267 e. The number of fused-ring (bicyclic) bond motifs is 1. The summed E-state index contributed by atoms with van der Waals surface area (Å²) in [6.07, 6.45) is 3.65. The Balaban J connectivity index is 1.70. The highest BCUT2D eigenvalue weighted by atomic mass is 32.2. The Hall–Kier alpha value is -3.26. The van der Waals surface area contributed by atoms with Gasteiger partial charge in [-0.05, 0) is 36.4 Å². The number of sulfonamides is 1. The van der Waals surface area contributed by atoms with E-state index in [-0.39, 0.29) is 5.69 Å². The van der Waals surface area contributed by atoms with Gasteiger partial charge in [0.2, 0.25) is 0 Å². The van der Waals surface area contributed by atoms with Gasteiger partial charge in [-0.1, -0.05) is 24.3 Å². The van der Waals surface area contributed by atoms with Crippen molar-refractivity contribution in [3.63, 3.8) is 0 Å². The van der Waals surface area contributed by atoms with Crippen LogP contribution in [0.3, 0.4) is 0 Å². The van der Waals surface area contributed by atoms with Gasteiger partial charge >= 0.3 is 0 Å². The third-order valence-electron chi connectivity index (χ3n) is 3.96. The Kier molecular flexibility index (Phi) is 4.12. The number of aromatic nitrogens is 2. The molecule has 0 fully saturated rings. The quantitative estimate of drug-likeness (QED) is 0.576. The number of nitrogens with one attached hydrogen (secondary N) is 1. The second-order valence-corrected chi connectivity index (χ2v) is 7.45. The highest BCUT2D eigenvalue weighted by Crippen LogP contribution is 2.26. The van der Waals surface area contributed by atoms with Crippen molar-refractivity contribution in [1.29, 1.82) is 0 Å². The van der Waals surface area contributed by atoms with Crippen molar-refractivity contribution in [2.45, 2.75) is 4.90 Å². The van der Waals surface area contributed by atoms with Crippen LogP contribution in [0.25, 0.3) is 16.9 Å². The van der Waals surface area contributed by atoms with E-state index < -0.39 is 26.6 Å². The third kappa shape index (κ3) is 3.26. The Bertz CT molecular complexity index is 1200. The lowest BCUT2D eigenvalue weighted by Gasteiger charge is -2.10. The van der Waals surface area contributed by atoms with Crippen LogP contribution in [-0.4, -0.2) is 17.8 Å². The molecule has 0 amide bonds. The molecule has 136 valence electrons. The van der Waals surface area contributed by atoms with Crippen LogP contribution in [0.2, 0.25) is 0 Å². The van der Waals surface area contributed by atoms with Gasteiger partial charge < -0.3 is 4.40 Å². The van der Waals surface area contributed by atoms with E-state index in [9.17, 15) is 17.2 Å². The summed E-state index contributed by atoms with van der Waals surface area (Å²) in [5.41, 5.74) is 2.21. The standard InChI is InChI=1S/C19H13F2N3O2S/c20-15-7-4-8-16(21)19(15)27(25,26)23-14-6-3-5-13(11-14)17-12-24-10-2-1-9-18(24)22-17/h1-12,23H. The molecule has 4 aromatic rings. The Labute approximate surface area is 154 Å². The molecular weight excluding hydrogens is 372 g/mol. The Morgan fingerprint density at radius 3 is 2.41 bits per heavy atom. The number of hydrogen-bond acceptors (Lipinski definition) is 3. The number of halogens is 2. The largest absolute Gasteiger partial charge is 0.306 e. The summed E-state index contributed by atoms with van der Waals surface area (Å²) in [5, 5.41) is 0. The van der Waals surface area contributed by atoms with Crippen LogP contribution in [0, 0.1) is 11.6 Å². The zero-order valence-electron chi connectivity index (χ0n) is 13.8. The topological polar surface area (TPSA) is 63.5 Å². The second-order valence-electron chi connectivity index (χ2n) is 5.83. The van der Waals surface area contributed by atoms with Crippen molar-refractivity contribution >= 4 is 21.4 Å². The number of rotatable bonds is 4. The van der Waals surface area contributed by atoms with Crippen LogP contribution in [-0.2, 0) is 10.0 Å². The van der Waals surface area contributed by atoms with E-state index in [4.69, 9.17) is 0 Å². The van der Waals surface area contributed by atoms with Crippen LogP contribution in [0.15, 0.2) is 78.0 Å². The van der Waals surface area contributed by atoms with E-state index in [0.717, 1.165) is 23.8 Å². The number of imidazole rings is 1. The lowest BCUT2D eigenvalue weighted by Crippen LogP contribution is -2.16. The fourth-order valence-corrected chi connectivity index (χ4v) is 3.95. The van der Waals surface area contributed by atoms with E-state index >= 15 is 0 Å². The Morgan fingerprint density at radius 2 is 1.67 bits per heavy atom. The van der Waals surface area contributed by atoms with Gasteiger partial charge in [0.25, 0.3) is 10.0 Å². The van der Waals surface area contributed by atoms with Crippen LogP contribution in [0.1, 0.15) is 0 Å².